The fourth-order valence-electron chi connectivity index (χ4n) is 5.76. The molecule has 0 fully saturated rings. The van der Waals surface area contributed by atoms with Crippen LogP contribution in [0.2, 0.25) is 0 Å². The molecule has 0 unspecified atom stereocenters. The summed E-state index contributed by atoms with van der Waals surface area (Å²) in [6.07, 6.45) is 0. The summed E-state index contributed by atoms with van der Waals surface area (Å²) in [6, 6.07) is 39.5. The van der Waals surface area contributed by atoms with Gasteiger partial charge in [0.25, 0.3) is 0 Å². The van der Waals surface area contributed by atoms with Crippen LogP contribution in [0.25, 0.3) is 90.7 Å². The summed E-state index contributed by atoms with van der Waals surface area (Å²) in [7, 11) is 0. The van der Waals surface area contributed by atoms with Crippen LogP contribution in [-0.4, -0.2) is 9.97 Å². The number of hydrogen-bond donors (Lipinski definition) is 0. The standard InChI is InChI=1S/C36H18N2S6/c1-3-7-19(8-4-1)33-37-35-29(43-33)17-27(41-35)25-15-21-11-13-24-23(31(21)39-25)14-12-22-16-26(40-32(22)24)28-18-30-36(42-28)38-34(44-30)20-9-5-2-6-10-20/h1-18H. The molecular weight excluding hydrogens is 653 g/mol. The minimum atomic E-state index is 1.09. The maximum absolute atomic E-state index is 4.96. The smallest absolute Gasteiger partial charge is 0.135 e. The molecule has 8 heteroatoms. The molecule has 0 atom stereocenters. The molecule has 6 heterocycles. The average Bonchev–Trinajstić information content (AvgIpc) is 3.89. The molecule has 0 aliphatic carbocycles. The molecule has 0 spiro atoms. The molecule has 0 amide bonds. The number of rotatable bonds is 4. The Labute approximate surface area is 275 Å². The highest BCUT2D eigenvalue weighted by atomic mass is 32.1. The zero-order valence-electron chi connectivity index (χ0n) is 22.7. The van der Waals surface area contributed by atoms with E-state index in [9.17, 15) is 0 Å². The Morgan fingerprint density at radius 1 is 0.386 bits per heavy atom. The van der Waals surface area contributed by atoms with E-state index in [0.717, 1.165) is 19.7 Å². The summed E-state index contributed by atoms with van der Waals surface area (Å²) in [6.45, 7) is 0. The zero-order chi connectivity index (χ0) is 28.8. The van der Waals surface area contributed by atoms with Gasteiger partial charge in [-0.2, -0.15) is 0 Å². The molecule has 0 saturated heterocycles. The van der Waals surface area contributed by atoms with E-state index in [-0.39, 0.29) is 0 Å². The van der Waals surface area contributed by atoms with Gasteiger partial charge in [0, 0.05) is 50.8 Å². The quantitative estimate of drug-likeness (QED) is 0.186. The number of hydrogen-bond acceptors (Lipinski definition) is 8. The van der Waals surface area contributed by atoms with Crippen LogP contribution >= 0.6 is 68.0 Å². The molecule has 0 aliphatic rings. The summed E-state index contributed by atoms with van der Waals surface area (Å²) >= 11 is 11.0. The summed E-state index contributed by atoms with van der Waals surface area (Å²) < 4.78 is 5.24. The third-order valence-corrected chi connectivity index (χ3v) is 15.0. The van der Waals surface area contributed by atoms with Crippen LogP contribution in [-0.2, 0) is 0 Å². The van der Waals surface area contributed by atoms with Crippen molar-refractivity contribution in [1.29, 1.82) is 0 Å². The average molecular weight is 671 g/mol. The SMILES string of the molecule is c1ccc(-c2nc3sc(-c4cc5ccc6c(ccc7cc(-c8cc9sc(-c%10ccccc%10)nc9s8)sc76)c5s4)cc3s2)cc1. The van der Waals surface area contributed by atoms with Gasteiger partial charge in [-0.15, -0.1) is 68.0 Å². The van der Waals surface area contributed by atoms with Gasteiger partial charge in [0.05, 0.1) is 9.40 Å². The molecule has 6 aromatic heterocycles. The second-order valence-electron chi connectivity index (χ2n) is 10.6. The van der Waals surface area contributed by atoms with Crippen molar-refractivity contribution in [1.82, 2.24) is 9.97 Å². The first-order valence-electron chi connectivity index (χ1n) is 14.0. The molecule has 0 saturated carbocycles. The van der Waals surface area contributed by atoms with E-state index in [1.807, 2.05) is 22.7 Å². The maximum Gasteiger partial charge on any atom is 0.135 e. The van der Waals surface area contributed by atoms with Crippen LogP contribution in [0, 0.1) is 0 Å². The molecule has 44 heavy (non-hydrogen) atoms. The van der Waals surface area contributed by atoms with Gasteiger partial charge in [-0.1, -0.05) is 84.9 Å². The van der Waals surface area contributed by atoms with E-state index >= 15 is 0 Å². The fraction of sp³-hybridized carbons (Fsp3) is 0. The third kappa shape index (κ3) is 4.06. The van der Waals surface area contributed by atoms with Crippen molar-refractivity contribution in [2.24, 2.45) is 0 Å². The summed E-state index contributed by atoms with van der Waals surface area (Å²) in [4.78, 5) is 17.4. The van der Waals surface area contributed by atoms with Gasteiger partial charge in [-0.3, -0.25) is 0 Å². The van der Waals surface area contributed by atoms with Gasteiger partial charge < -0.3 is 0 Å². The van der Waals surface area contributed by atoms with Crippen molar-refractivity contribution in [2.45, 2.75) is 0 Å². The topological polar surface area (TPSA) is 25.8 Å². The molecule has 10 aromatic rings. The van der Waals surface area contributed by atoms with E-state index in [2.05, 4.69) is 109 Å². The van der Waals surface area contributed by atoms with E-state index < -0.39 is 0 Å². The molecule has 0 radical (unpaired) electrons. The molecule has 2 nitrogen and oxygen atoms in total. The monoisotopic (exact) mass is 670 g/mol. The first kappa shape index (κ1) is 25.6. The lowest BCUT2D eigenvalue weighted by atomic mass is 10.1. The fourth-order valence-corrected chi connectivity index (χ4v) is 12.7. The highest BCUT2D eigenvalue weighted by Crippen LogP contribution is 2.47. The second kappa shape index (κ2) is 9.87. The Kier molecular flexibility index (Phi) is 5.73. The van der Waals surface area contributed by atoms with Gasteiger partial charge in [0.2, 0.25) is 0 Å². The number of thiophene rings is 4. The summed E-state index contributed by atoms with van der Waals surface area (Å²) in [5.74, 6) is 0. The molecule has 0 N–H and O–H groups in total. The minimum absolute atomic E-state index is 1.09. The highest BCUT2D eigenvalue weighted by molar-refractivity contribution is 7.33. The van der Waals surface area contributed by atoms with Crippen LogP contribution in [0.4, 0.5) is 0 Å². The number of nitrogens with zero attached hydrogens (tertiary/aromatic N) is 2. The van der Waals surface area contributed by atoms with Gasteiger partial charge >= 0.3 is 0 Å². The van der Waals surface area contributed by atoms with E-state index in [1.54, 1.807) is 45.3 Å². The first-order valence-corrected chi connectivity index (χ1v) is 18.9. The normalized spacial score (nSPS) is 12.1. The Bertz CT molecular complexity index is 2410. The third-order valence-electron chi connectivity index (χ3n) is 7.87. The van der Waals surface area contributed by atoms with Crippen LogP contribution in [0.1, 0.15) is 0 Å². The molecule has 208 valence electrons. The van der Waals surface area contributed by atoms with Crippen molar-refractivity contribution >= 4 is 118 Å². The maximum atomic E-state index is 4.96. The second-order valence-corrected chi connectivity index (χ2v) is 16.8. The Morgan fingerprint density at radius 3 is 1.25 bits per heavy atom. The number of fused-ring (bicyclic) bond motifs is 7. The van der Waals surface area contributed by atoms with E-state index in [1.165, 1.54) is 71.0 Å². The lowest BCUT2D eigenvalue weighted by molar-refractivity contribution is 1.50. The number of aromatic nitrogens is 2. The van der Waals surface area contributed by atoms with Crippen LogP contribution in [0.5, 0.6) is 0 Å². The van der Waals surface area contributed by atoms with Gasteiger partial charge in [0.1, 0.15) is 19.7 Å². The molecule has 0 aliphatic heterocycles. The summed E-state index contributed by atoms with van der Waals surface area (Å²) in [5, 5.41) is 7.48. The van der Waals surface area contributed by atoms with Crippen molar-refractivity contribution in [3.8, 4) is 40.7 Å². The lowest BCUT2D eigenvalue weighted by Crippen LogP contribution is -1.73. The van der Waals surface area contributed by atoms with E-state index in [4.69, 9.17) is 9.97 Å². The Morgan fingerprint density at radius 2 is 0.818 bits per heavy atom. The predicted molar refractivity (Wildman–Crippen MR) is 199 cm³/mol. The largest absolute Gasteiger partial charge is 0.225 e. The van der Waals surface area contributed by atoms with Crippen molar-refractivity contribution in [3.05, 3.63) is 109 Å². The molecule has 10 rings (SSSR count). The van der Waals surface area contributed by atoms with Gasteiger partial charge in [-0.25, -0.2) is 9.97 Å². The molecular formula is C36H18N2S6. The highest BCUT2D eigenvalue weighted by Gasteiger charge is 2.17. The molecule has 4 aromatic carbocycles. The number of benzene rings is 4. The number of thiazole rings is 2. The van der Waals surface area contributed by atoms with Crippen molar-refractivity contribution < 1.29 is 0 Å². The predicted octanol–water partition coefficient (Wildman–Crippen LogP) is 13.3. The van der Waals surface area contributed by atoms with Gasteiger partial charge in [-0.05, 0) is 35.0 Å². The van der Waals surface area contributed by atoms with Crippen LogP contribution in [0.3, 0.4) is 0 Å². The Balaban J connectivity index is 1.02. The van der Waals surface area contributed by atoms with Crippen LogP contribution < -0.4 is 0 Å². The zero-order valence-corrected chi connectivity index (χ0v) is 27.6. The first-order chi connectivity index (χ1) is 21.7. The van der Waals surface area contributed by atoms with Crippen molar-refractivity contribution in [2.75, 3.05) is 0 Å². The summed E-state index contributed by atoms with van der Waals surface area (Å²) in [5.41, 5.74) is 2.37. The lowest BCUT2D eigenvalue weighted by Gasteiger charge is -2.01. The Hall–Kier alpha value is -3.76. The minimum Gasteiger partial charge on any atom is -0.225 e. The van der Waals surface area contributed by atoms with Crippen molar-refractivity contribution in [3.63, 3.8) is 0 Å². The van der Waals surface area contributed by atoms with Crippen LogP contribution in [0.15, 0.2) is 109 Å². The molecule has 0 bridgehead atoms. The van der Waals surface area contributed by atoms with Gasteiger partial charge in [0.15, 0.2) is 0 Å². The van der Waals surface area contributed by atoms with E-state index in [0.29, 0.717) is 0 Å².